The average Bonchev–Trinajstić information content (AvgIpc) is 3.35. The number of hydrogen-bond donors (Lipinski definition) is 0. The van der Waals surface area contributed by atoms with Crippen LogP contribution in [-0.4, -0.2) is 37.2 Å². The van der Waals surface area contributed by atoms with Gasteiger partial charge in [0.05, 0.1) is 0 Å². The van der Waals surface area contributed by atoms with E-state index in [-0.39, 0.29) is 37.5 Å². The molecule has 6 nitrogen and oxygen atoms in total. The number of allylic oxidation sites excluding steroid dienone is 16. The third-order valence-corrected chi connectivity index (χ3v) is 12.0. The van der Waals surface area contributed by atoms with E-state index < -0.39 is 6.10 Å². The average molecular weight is 960 g/mol. The molecular formula is C63H106O6. The van der Waals surface area contributed by atoms with Crippen molar-refractivity contribution >= 4 is 17.9 Å². The van der Waals surface area contributed by atoms with Crippen molar-refractivity contribution in [1.82, 2.24) is 0 Å². The zero-order valence-corrected chi connectivity index (χ0v) is 45.0. The first kappa shape index (κ1) is 65.3. The molecule has 0 rings (SSSR count). The van der Waals surface area contributed by atoms with Crippen molar-refractivity contribution < 1.29 is 28.6 Å². The lowest BCUT2D eigenvalue weighted by molar-refractivity contribution is -0.167. The van der Waals surface area contributed by atoms with E-state index >= 15 is 0 Å². The smallest absolute Gasteiger partial charge is 0.306 e. The first-order chi connectivity index (χ1) is 34.0. The highest BCUT2D eigenvalue weighted by Gasteiger charge is 2.19. The molecule has 394 valence electrons. The Hall–Kier alpha value is -3.67. The van der Waals surface area contributed by atoms with E-state index in [1.807, 2.05) is 0 Å². The van der Waals surface area contributed by atoms with Gasteiger partial charge >= 0.3 is 17.9 Å². The summed E-state index contributed by atoms with van der Waals surface area (Å²) in [5, 5.41) is 0. The molecule has 0 saturated heterocycles. The molecule has 0 aliphatic rings. The second-order valence-corrected chi connectivity index (χ2v) is 18.8. The normalized spacial score (nSPS) is 12.8. The summed E-state index contributed by atoms with van der Waals surface area (Å²) in [6, 6.07) is 0. The van der Waals surface area contributed by atoms with Crippen molar-refractivity contribution in [1.29, 1.82) is 0 Å². The van der Waals surface area contributed by atoms with Gasteiger partial charge in [0, 0.05) is 19.3 Å². The topological polar surface area (TPSA) is 78.9 Å². The van der Waals surface area contributed by atoms with E-state index in [0.29, 0.717) is 19.3 Å². The molecule has 69 heavy (non-hydrogen) atoms. The van der Waals surface area contributed by atoms with Gasteiger partial charge in [-0.25, -0.2) is 0 Å². The summed E-state index contributed by atoms with van der Waals surface area (Å²) in [6.45, 7) is 6.52. The van der Waals surface area contributed by atoms with Crippen LogP contribution in [0.5, 0.6) is 0 Å². The van der Waals surface area contributed by atoms with Crippen molar-refractivity contribution in [2.75, 3.05) is 13.2 Å². The molecule has 0 unspecified atom stereocenters. The summed E-state index contributed by atoms with van der Waals surface area (Å²) >= 11 is 0. The Kier molecular flexibility index (Phi) is 53.9. The summed E-state index contributed by atoms with van der Waals surface area (Å²) in [4.78, 5) is 38.1. The van der Waals surface area contributed by atoms with Gasteiger partial charge in [-0.15, -0.1) is 0 Å². The van der Waals surface area contributed by atoms with Crippen molar-refractivity contribution in [2.45, 2.75) is 271 Å². The second-order valence-electron chi connectivity index (χ2n) is 18.8. The number of unbranched alkanes of at least 4 members (excludes halogenated alkanes) is 24. The van der Waals surface area contributed by atoms with Gasteiger partial charge in [-0.2, -0.15) is 0 Å². The lowest BCUT2D eigenvalue weighted by Gasteiger charge is -2.18. The maximum absolute atomic E-state index is 12.8. The Labute approximate surface area is 426 Å². The number of carbonyl (C=O) groups is 3. The third-order valence-electron chi connectivity index (χ3n) is 12.0. The highest BCUT2D eigenvalue weighted by Crippen LogP contribution is 2.13. The van der Waals surface area contributed by atoms with Crippen LogP contribution in [0.3, 0.4) is 0 Å². The Morgan fingerprint density at radius 3 is 0.928 bits per heavy atom. The zero-order valence-electron chi connectivity index (χ0n) is 45.0. The molecule has 0 radical (unpaired) electrons. The predicted molar refractivity (Wildman–Crippen MR) is 297 cm³/mol. The fourth-order valence-corrected chi connectivity index (χ4v) is 7.67. The molecule has 0 aliphatic heterocycles. The Morgan fingerprint density at radius 2 is 0.536 bits per heavy atom. The number of rotatable bonds is 51. The van der Waals surface area contributed by atoms with Gasteiger partial charge in [0.25, 0.3) is 0 Å². The predicted octanol–water partition coefficient (Wildman–Crippen LogP) is 19.3. The number of carbonyl (C=O) groups excluding carboxylic acids is 3. The van der Waals surface area contributed by atoms with Crippen LogP contribution in [0, 0.1) is 0 Å². The van der Waals surface area contributed by atoms with Crippen LogP contribution in [0.1, 0.15) is 265 Å². The van der Waals surface area contributed by atoms with Gasteiger partial charge < -0.3 is 14.2 Å². The molecule has 0 N–H and O–H groups in total. The van der Waals surface area contributed by atoms with Crippen LogP contribution in [-0.2, 0) is 28.6 Å². The van der Waals surface area contributed by atoms with Gasteiger partial charge in [0.1, 0.15) is 13.2 Å². The minimum Gasteiger partial charge on any atom is -0.462 e. The SMILES string of the molecule is CCCCC/C=C\C/C=C\C/C=C\C/C=C\CCCCCC(=O)OC[C@H](COC(=O)CCCCCCCCC/C=C\CCCCCC)OC(=O)CCC/C=C\C/C=C\C/C=C\CCCCCCCC. The van der Waals surface area contributed by atoms with Crippen LogP contribution in [0.15, 0.2) is 97.2 Å². The standard InChI is InChI=1S/C63H106O6/c1-4-7-10-13-16-19-22-25-28-30-31-33-35-38-41-44-47-50-53-56-62(65)68-59-60(58-67-61(64)55-52-49-46-43-40-37-34-27-24-21-18-15-12-9-6-3)69-63(66)57-54-51-48-45-42-39-36-32-29-26-23-20-17-14-11-8-5-2/h16,19,21,24-26,28-29,31,33,36,38-39,41,45,48,60H,4-15,17-18,20,22-23,27,30,32,34-35,37,40,42-44,46-47,49-59H2,1-3H3/b19-16-,24-21-,28-25-,29-26-,33-31-,39-36-,41-38-,48-45-/t60-/m0/s1. The van der Waals surface area contributed by atoms with Gasteiger partial charge in [0.15, 0.2) is 6.10 Å². The molecule has 0 amide bonds. The van der Waals surface area contributed by atoms with Crippen LogP contribution >= 0.6 is 0 Å². The van der Waals surface area contributed by atoms with Gasteiger partial charge in [0.2, 0.25) is 0 Å². The van der Waals surface area contributed by atoms with Gasteiger partial charge in [-0.3, -0.25) is 14.4 Å². The van der Waals surface area contributed by atoms with Crippen molar-refractivity contribution in [3.8, 4) is 0 Å². The monoisotopic (exact) mass is 959 g/mol. The number of ether oxygens (including phenoxy) is 3. The van der Waals surface area contributed by atoms with E-state index in [1.54, 1.807) is 0 Å². The summed E-state index contributed by atoms with van der Waals surface area (Å²) < 4.78 is 16.8. The lowest BCUT2D eigenvalue weighted by Crippen LogP contribution is -2.30. The highest BCUT2D eigenvalue weighted by atomic mass is 16.6. The quantitative estimate of drug-likeness (QED) is 0.0262. The maximum atomic E-state index is 12.8. The third kappa shape index (κ3) is 55.1. The van der Waals surface area contributed by atoms with E-state index in [1.165, 1.54) is 135 Å². The summed E-state index contributed by atoms with van der Waals surface area (Å²) in [6.07, 6.45) is 75.4. The first-order valence-electron chi connectivity index (χ1n) is 28.7. The molecule has 0 heterocycles. The molecule has 0 fully saturated rings. The minimum absolute atomic E-state index is 0.111. The molecule has 0 aromatic carbocycles. The fraction of sp³-hybridized carbons (Fsp3) is 0.698. The maximum Gasteiger partial charge on any atom is 0.306 e. The molecule has 0 saturated carbocycles. The van der Waals surface area contributed by atoms with Crippen molar-refractivity contribution in [3.05, 3.63) is 97.2 Å². The van der Waals surface area contributed by atoms with E-state index in [9.17, 15) is 14.4 Å². The summed E-state index contributed by atoms with van der Waals surface area (Å²) in [5.74, 6) is -0.998. The lowest BCUT2D eigenvalue weighted by atomic mass is 10.1. The Balaban J connectivity index is 4.53. The highest BCUT2D eigenvalue weighted by molar-refractivity contribution is 5.71. The largest absolute Gasteiger partial charge is 0.462 e. The molecule has 0 aliphatic carbocycles. The molecular weight excluding hydrogens is 853 g/mol. The summed E-state index contributed by atoms with van der Waals surface area (Å²) in [7, 11) is 0. The fourth-order valence-electron chi connectivity index (χ4n) is 7.67. The Bertz CT molecular complexity index is 1380. The van der Waals surface area contributed by atoms with Crippen LogP contribution in [0.2, 0.25) is 0 Å². The van der Waals surface area contributed by atoms with Gasteiger partial charge in [-0.05, 0) is 122 Å². The second kappa shape index (κ2) is 56.9. The molecule has 0 aromatic heterocycles. The molecule has 1 atom stereocenters. The van der Waals surface area contributed by atoms with Crippen LogP contribution in [0.25, 0.3) is 0 Å². The van der Waals surface area contributed by atoms with Crippen molar-refractivity contribution in [2.24, 2.45) is 0 Å². The zero-order chi connectivity index (χ0) is 50.0. The molecule has 0 spiro atoms. The number of hydrogen-bond acceptors (Lipinski definition) is 6. The van der Waals surface area contributed by atoms with Crippen LogP contribution < -0.4 is 0 Å². The van der Waals surface area contributed by atoms with E-state index in [4.69, 9.17) is 14.2 Å². The number of esters is 3. The van der Waals surface area contributed by atoms with Crippen LogP contribution in [0.4, 0.5) is 0 Å². The minimum atomic E-state index is -0.820. The molecule has 0 bridgehead atoms. The van der Waals surface area contributed by atoms with Crippen molar-refractivity contribution in [3.63, 3.8) is 0 Å². The van der Waals surface area contributed by atoms with E-state index in [2.05, 4.69) is 118 Å². The Morgan fingerprint density at radius 1 is 0.290 bits per heavy atom. The van der Waals surface area contributed by atoms with E-state index in [0.717, 1.165) is 83.5 Å². The molecule has 0 aromatic rings. The summed E-state index contributed by atoms with van der Waals surface area (Å²) in [5.41, 5.74) is 0. The molecule has 6 heteroatoms. The first-order valence-corrected chi connectivity index (χ1v) is 28.7. The van der Waals surface area contributed by atoms with Gasteiger partial charge in [-0.1, -0.05) is 221 Å².